The van der Waals surface area contributed by atoms with Crippen LogP contribution in [0.3, 0.4) is 0 Å². The van der Waals surface area contributed by atoms with E-state index in [1.807, 2.05) is 24.3 Å². The van der Waals surface area contributed by atoms with Crippen LogP contribution in [0.25, 0.3) is 0 Å². The fraction of sp³-hybridized carbons (Fsp3) is 0.241. The third-order valence-electron chi connectivity index (χ3n) is 6.09. The molecule has 1 aliphatic carbocycles. The van der Waals surface area contributed by atoms with Crippen molar-refractivity contribution in [2.45, 2.75) is 39.3 Å². The van der Waals surface area contributed by atoms with Gasteiger partial charge in [-0.15, -0.1) is 0 Å². The van der Waals surface area contributed by atoms with E-state index in [1.165, 1.54) is 11.4 Å². The molecule has 0 heterocycles. The molecule has 3 atom stereocenters. The first kappa shape index (κ1) is 22.5. The standard InChI is InChI=1S/C29H34N4/c1-21-20-28(18-19-29(21)33-25-12-8-5-9-13-25)31-23(3)22(2)30-26-14-16-27(17-15-26)32-24-10-6-4-7-11-24/h4-19,21-23,30-33H,20H2,1-3H3. The van der Waals surface area contributed by atoms with Crippen LogP contribution >= 0.6 is 0 Å². The highest BCUT2D eigenvalue weighted by Crippen LogP contribution is 2.26. The molecule has 4 rings (SSSR count). The Morgan fingerprint density at radius 1 is 0.606 bits per heavy atom. The van der Waals surface area contributed by atoms with Crippen molar-refractivity contribution in [3.8, 4) is 0 Å². The third-order valence-corrected chi connectivity index (χ3v) is 6.09. The predicted octanol–water partition coefficient (Wildman–Crippen LogP) is 7.13. The van der Waals surface area contributed by atoms with Crippen molar-refractivity contribution >= 4 is 22.7 Å². The van der Waals surface area contributed by atoms with Gasteiger partial charge in [0.2, 0.25) is 0 Å². The Hall–Kier alpha value is -3.66. The van der Waals surface area contributed by atoms with Crippen LogP contribution in [0.5, 0.6) is 0 Å². The highest BCUT2D eigenvalue weighted by molar-refractivity contribution is 5.62. The molecule has 0 spiro atoms. The number of benzene rings is 3. The van der Waals surface area contributed by atoms with Gasteiger partial charge in [-0.1, -0.05) is 43.3 Å². The minimum absolute atomic E-state index is 0.280. The molecular formula is C29H34N4. The largest absolute Gasteiger partial charge is 0.384 e. The van der Waals surface area contributed by atoms with Crippen molar-refractivity contribution in [2.24, 2.45) is 5.92 Å². The van der Waals surface area contributed by atoms with E-state index < -0.39 is 0 Å². The molecule has 4 N–H and O–H groups in total. The van der Waals surface area contributed by atoms with E-state index in [9.17, 15) is 0 Å². The first-order chi connectivity index (χ1) is 16.1. The molecule has 3 aromatic rings. The van der Waals surface area contributed by atoms with Gasteiger partial charge in [0, 0.05) is 52.1 Å². The van der Waals surface area contributed by atoms with Crippen LogP contribution in [0.4, 0.5) is 22.7 Å². The summed E-state index contributed by atoms with van der Waals surface area (Å²) in [6.45, 7) is 6.72. The number of allylic oxidation sites excluding steroid dienone is 4. The summed E-state index contributed by atoms with van der Waals surface area (Å²) in [5, 5.41) is 14.3. The second kappa shape index (κ2) is 10.8. The van der Waals surface area contributed by atoms with Crippen LogP contribution in [-0.4, -0.2) is 12.1 Å². The molecule has 170 valence electrons. The molecule has 0 radical (unpaired) electrons. The van der Waals surface area contributed by atoms with Crippen molar-refractivity contribution in [1.29, 1.82) is 0 Å². The quantitative estimate of drug-likeness (QED) is 0.287. The highest BCUT2D eigenvalue weighted by Gasteiger charge is 2.19. The zero-order valence-electron chi connectivity index (χ0n) is 19.7. The smallest absolute Gasteiger partial charge is 0.0431 e. The van der Waals surface area contributed by atoms with E-state index in [1.54, 1.807) is 0 Å². The summed E-state index contributed by atoms with van der Waals surface area (Å²) in [5.41, 5.74) is 6.97. The van der Waals surface area contributed by atoms with Crippen LogP contribution in [0.2, 0.25) is 0 Å². The monoisotopic (exact) mass is 438 g/mol. The molecule has 0 amide bonds. The molecule has 1 aliphatic rings. The van der Waals surface area contributed by atoms with E-state index in [2.05, 4.69) is 115 Å². The lowest BCUT2D eigenvalue weighted by atomic mass is 9.95. The van der Waals surface area contributed by atoms with Crippen LogP contribution in [0.15, 0.2) is 108 Å². The fourth-order valence-corrected chi connectivity index (χ4v) is 3.97. The molecule has 3 unspecified atom stereocenters. The molecule has 3 aromatic carbocycles. The zero-order chi connectivity index (χ0) is 23.0. The van der Waals surface area contributed by atoms with Crippen LogP contribution in [0.1, 0.15) is 27.2 Å². The topological polar surface area (TPSA) is 48.1 Å². The maximum atomic E-state index is 3.71. The van der Waals surface area contributed by atoms with Crippen molar-refractivity contribution < 1.29 is 0 Å². The molecule has 0 aliphatic heterocycles. The third kappa shape index (κ3) is 6.42. The zero-order valence-corrected chi connectivity index (χ0v) is 19.7. The molecule has 0 saturated heterocycles. The fourth-order valence-electron chi connectivity index (χ4n) is 3.97. The Morgan fingerprint density at radius 3 is 1.73 bits per heavy atom. The second-order valence-corrected chi connectivity index (χ2v) is 8.84. The van der Waals surface area contributed by atoms with Gasteiger partial charge in [-0.2, -0.15) is 0 Å². The van der Waals surface area contributed by atoms with Crippen molar-refractivity contribution in [3.63, 3.8) is 0 Å². The van der Waals surface area contributed by atoms with Crippen molar-refractivity contribution in [1.82, 2.24) is 5.32 Å². The van der Waals surface area contributed by atoms with Gasteiger partial charge in [-0.05, 0) is 81.0 Å². The van der Waals surface area contributed by atoms with Crippen LogP contribution in [0, 0.1) is 5.92 Å². The maximum absolute atomic E-state index is 3.71. The van der Waals surface area contributed by atoms with Gasteiger partial charge < -0.3 is 21.3 Å². The Morgan fingerprint density at radius 2 is 1.12 bits per heavy atom. The average Bonchev–Trinajstić information content (AvgIpc) is 2.83. The highest BCUT2D eigenvalue weighted by atomic mass is 15.0. The Balaban J connectivity index is 1.30. The minimum atomic E-state index is 0.280. The SMILES string of the molecule is CC1CC(NC(C)C(C)Nc2ccc(Nc3ccccc3)cc2)=CC=C1Nc1ccccc1. The number of hydrogen-bond acceptors (Lipinski definition) is 4. The van der Waals surface area contributed by atoms with Gasteiger partial charge in [0.25, 0.3) is 0 Å². The minimum Gasteiger partial charge on any atom is -0.384 e. The van der Waals surface area contributed by atoms with Gasteiger partial charge in [-0.25, -0.2) is 0 Å². The molecule has 0 bridgehead atoms. The number of hydrogen-bond donors (Lipinski definition) is 4. The summed E-state index contributed by atoms with van der Waals surface area (Å²) in [4.78, 5) is 0. The Kier molecular flexibility index (Phi) is 7.36. The average molecular weight is 439 g/mol. The molecule has 33 heavy (non-hydrogen) atoms. The van der Waals surface area contributed by atoms with Gasteiger partial charge >= 0.3 is 0 Å². The molecular weight excluding hydrogens is 404 g/mol. The van der Waals surface area contributed by atoms with E-state index >= 15 is 0 Å². The van der Waals surface area contributed by atoms with Gasteiger partial charge in [-0.3, -0.25) is 0 Å². The van der Waals surface area contributed by atoms with Gasteiger partial charge in [0.1, 0.15) is 0 Å². The maximum Gasteiger partial charge on any atom is 0.0431 e. The Bertz CT molecular complexity index is 1070. The number of para-hydroxylation sites is 2. The number of anilines is 4. The summed E-state index contributed by atoms with van der Waals surface area (Å²) in [6, 6.07) is 29.6. The molecule has 4 nitrogen and oxygen atoms in total. The molecule has 0 fully saturated rings. The van der Waals surface area contributed by atoms with Crippen molar-refractivity contribution in [3.05, 3.63) is 108 Å². The predicted molar refractivity (Wildman–Crippen MR) is 142 cm³/mol. The van der Waals surface area contributed by atoms with E-state index in [-0.39, 0.29) is 6.04 Å². The second-order valence-electron chi connectivity index (χ2n) is 8.84. The van der Waals surface area contributed by atoms with Crippen molar-refractivity contribution in [2.75, 3.05) is 16.0 Å². The summed E-state index contributed by atoms with van der Waals surface area (Å²) in [7, 11) is 0. The van der Waals surface area contributed by atoms with Crippen LogP contribution < -0.4 is 21.3 Å². The summed E-state index contributed by atoms with van der Waals surface area (Å²) >= 11 is 0. The van der Waals surface area contributed by atoms with E-state index in [0.717, 1.165) is 29.2 Å². The van der Waals surface area contributed by atoms with Gasteiger partial charge in [0.05, 0.1) is 0 Å². The molecule has 0 saturated carbocycles. The van der Waals surface area contributed by atoms with Crippen LogP contribution in [-0.2, 0) is 0 Å². The first-order valence-electron chi connectivity index (χ1n) is 11.7. The number of rotatable bonds is 9. The van der Waals surface area contributed by atoms with E-state index in [4.69, 9.17) is 0 Å². The summed E-state index contributed by atoms with van der Waals surface area (Å²) < 4.78 is 0. The lowest BCUT2D eigenvalue weighted by molar-refractivity contribution is 0.513. The lowest BCUT2D eigenvalue weighted by Gasteiger charge is -2.29. The lowest BCUT2D eigenvalue weighted by Crippen LogP contribution is -2.40. The normalized spacial score (nSPS) is 17.2. The summed E-state index contributed by atoms with van der Waals surface area (Å²) in [5.74, 6) is 0.442. The summed E-state index contributed by atoms with van der Waals surface area (Å²) in [6.07, 6.45) is 5.41. The molecule has 0 aromatic heterocycles. The molecule has 4 heteroatoms. The van der Waals surface area contributed by atoms with Gasteiger partial charge in [0.15, 0.2) is 0 Å². The Labute approximate surface area is 197 Å². The number of nitrogens with one attached hydrogen (secondary N) is 4. The first-order valence-corrected chi connectivity index (χ1v) is 11.7. The van der Waals surface area contributed by atoms with E-state index in [0.29, 0.717) is 12.0 Å².